The summed E-state index contributed by atoms with van der Waals surface area (Å²) in [6.45, 7) is 4.47. The van der Waals surface area contributed by atoms with E-state index in [-0.39, 0.29) is 6.04 Å². The van der Waals surface area contributed by atoms with E-state index in [1.165, 1.54) is 0 Å². The highest BCUT2D eigenvalue weighted by molar-refractivity contribution is 7.09. The highest BCUT2D eigenvalue weighted by atomic mass is 32.1. The Hall–Kier alpha value is -1.23. The first-order valence-corrected chi connectivity index (χ1v) is 7.42. The van der Waals surface area contributed by atoms with Gasteiger partial charge in [0.1, 0.15) is 5.01 Å². The zero-order valence-electron chi connectivity index (χ0n) is 11.3. The number of rotatable bonds is 6. The summed E-state index contributed by atoms with van der Waals surface area (Å²) in [4.78, 5) is 4.34. The molecule has 0 spiro atoms. The van der Waals surface area contributed by atoms with Crippen molar-refractivity contribution in [3.8, 4) is 0 Å². The van der Waals surface area contributed by atoms with Gasteiger partial charge in [-0.15, -0.1) is 11.3 Å². The number of hydrogen-bond acceptors (Lipinski definition) is 4. The molecule has 2 aromatic rings. The Kier molecular flexibility index (Phi) is 4.69. The van der Waals surface area contributed by atoms with E-state index in [0.29, 0.717) is 6.54 Å². The first-order chi connectivity index (χ1) is 9.13. The van der Waals surface area contributed by atoms with Crippen LogP contribution in [-0.2, 0) is 5.60 Å². The lowest BCUT2D eigenvalue weighted by Gasteiger charge is -2.26. The largest absolute Gasteiger partial charge is 0.384 e. The van der Waals surface area contributed by atoms with Crippen LogP contribution in [0.5, 0.6) is 0 Å². The van der Waals surface area contributed by atoms with E-state index in [9.17, 15) is 5.11 Å². The highest BCUT2D eigenvalue weighted by Gasteiger charge is 2.24. The van der Waals surface area contributed by atoms with Crippen LogP contribution in [0.2, 0.25) is 0 Å². The fourth-order valence-corrected chi connectivity index (χ4v) is 2.83. The van der Waals surface area contributed by atoms with Crippen molar-refractivity contribution in [1.82, 2.24) is 10.3 Å². The number of hydrogen-bond donors (Lipinski definition) is 2. The van der Waals surface area contributed by atoms with Gasteiger partial charge < -0.3 is 10.4 Å². The maximum Gasteiger partial charge on any atom is 0.109 e. The van der Waals surface area contributed by atoms with Gasteiger partial charge in [0.05, 0.1) is 11.6 Å². The number of thiazole rings is 1. The van der Waals surface area contributed by atoms with Gasteiger partial charge in [-0.2, -0.15) is 0 Å². The summed E-state index contributed by atoms with van der Waals surface area (Å²) < 4.78 is 0. The van der Waals surface area contributed by atoms with Crippen LogP contribution >= 0.6 is 11.3 Å². The van der Waals surface area contributed by atoms with Gasteiger partial charge in [-0.3, -0.25) is 0 Å². The molecule has 2 atom stereocenters. The van der Waals surface area contributed by atoms with Gasteiger partial charge in [-0.25, -0.2) is 4.98 Å². The molecule has 19 heavy (non-hydrogen) atoms. The highest BCUT2D eigenvalue weighted by Crippen LogP contribution is 2.23. The molecule has 0 saturated carbocycles. The van der Waals surface area contributed by atoms with E-state index in [0.717, 1.165) is 17.0 Å². The third-order valence-corrected chi connectivity index (χ3v) is 4.14. The summed E-state index contributed by atoms with van der Waals surface area (Å²) in [6, 6.07) is 9.95. The first kappa shape index (κ1) is 14.2. The average Bonchev–Trinajstić information content (AvgIpc) is 2.94. The molecule has 1 aromatic heterocycles. The van der Waals surface area contributed by atoms with Crippen molar-refractivity contribution < 1.29 is 5.11 Å². The zero-order valence-corrected chi connectivity index (χ0v) is 12.2. The zero-order chi connectivity index (χ0) is 13.7. The Morgan fingerprint density at radius 2 is 2.11 bits per heavy atom. The predicted octanol–water partition coefficient (Wildman–Crippen LogP) is 3.09. The summed E-state index contributed by atoms with van der Waals surface area (Å²) in [7, 11) is 0. The maximum absolute atomic E-state index is 10.5. The SMILES string of the molecule is CCC(NCC(C)(O)c1ccccc1)c1nccs1. The molecule has 0 radical (unpaired) electrons. The Labute approximate surface area is 118 Å². The summed E-state index contributed by atoms with van der Waals surface area (Å²) in [5, 5.41) is 17.0. The Balaban J connectivity index is 2.01. The molecule has 1 heterocycles. The fraction of sp³-hybridized carbons (Fsp3) is 0.400. The molecule has 2 unspecified atom stereocenters. The van der Waals surface area contributed by atoms with Gasteiger partial charge in [0, 0.05) is 18.1 Å². The van der Waals surface area contributed by atoms with Crippen LogP contribution in [0.4, 0.5) is 0 Å². The van der Waals surface area contributed by atoms with Gasteiger partial charge in [0.15, 0.2) is 0 Å². The molecule has 2 N–H and O–H groups in total. The second kappa shape index (κ2) is 6.28. The first-order valence-electron chi connectivity index (χ1n) is 6.54. The van der Waals surface area contributed by atoms with Gasteiger partial charge >= 0.3 is 0 Å². The van der Waals surface area contributed by atoms with Crippen LogP contribution in [0.15, 0.2) is 41.9 Å². The van der Waals surface area contributed by atoms with Crippen molar-refractivity contribution in [3.05, 3.63) is 52.5 Å². The van der Waals surface area contributed by atoms with Crippen LogP contribution in [-0.4, -0.2) is 16.6 Å². The minimum atomic E-state index is -0.869. The molecule has 102 valence electrons. The third kappa shape index (κ3) is 3.62. The van der Waals surface area contributed by atoms with E-state index in [1.54, 1.807) is 11.3 Å². The quantitative estimate of drug-likeness (QED) is 0.852. The third-order valence-electron chi connectivity index (χ3n) is 3.25. The molecule has 4 heteroatoms. The van der Waals surface area contributed by atoms with Crippen molar-refractivity contribution in [2.24, 2.45) is 0 Å². The normalized spacial score (nSPS) is 15.9. The van der Waals surface area contributed by atoms with Crippen molar-refractivity contribution in [2.45, 2.75) is 31.9 Å². The molecule has 2 rings (SSSR count). The van der Waals surface area contributed by atoms with Crippen molar-refractivity contribution in [2.75, 3.05) is 6.54 Å². The van der Waals surface area contributed by atoms with E-state index >= 15 is 0 Å². The number of aliphatic hydroxyl groups is 1. The molecule has 3 nitrogen and oxygen atoms in total. The lowest BCUT2D eigenvalue weighted by atomic mass is 9.95. The lowest BCUT2D eigenvalue weighted by molar-refractivity contribution is 0.0536. The standard InChI is InChI=1S/C15H20N2OS/c1-3-13(14-16-9-10-19-14)17-11-15(2,18)12-7-5-4-6-8-12/h4-10,13,17-18H,3,11H2,1-2H3. The smallest absolute Gasteiger partial charge is 0.109 e. The van der Waals surface area contributed by atoms with Crippen LogP contribution < -0.4 is 5.32 Å². The molecule has 1 aromatic carbocycles. The minimum Gasteiger partial charge on any atom is -0.384 e. The van der Waals surface area contributed by atoms with Gasteiger partial charge in [0.2, 0.25) is 0 Å². The molecule has 0 amide bonds. The van der Waals surface area contributed by atoms with E-state index in [4.69, 9.17) is 0 Å². The molecule has 0 fully saturated rings. The summed E-state index contributed by atoms with van der Waals surface area (Å²) in [5.41, 5.74) is 0.0582. The van der Waals surface area contributed by atoms with Crippen LogP contribution in [0.25, 0.3) is 0 Å². The summed E-state index contributed by atoms with van der Waals surface area (Å²) in [6.07, 6.45) is 2.78. The number of aromatic nitrogens is 1. The second-order valence-corrected chi connectivity index (χ2v) is 5.78. The van der Waals surface area contributed by atoms with Crippen molar-refractivity contribution in [3.63, 3.8) is 0 Å². The second-order valence-electron chi connectivity index (χ2n) is 4.85. The summed E-state index contributed by atoms with van der Waals surface area (Å²) >= 11 is 1.65. The Morgan fingerprint density at radius 3 is 2.68 bits per heavy atom. The van der Waals surface area contributed by atoms with Crippen molar-refractivity contribution >= 4 is 11.3 Å². The number of nitrogens with zero attached hydrogens (tertiary/aromatic N) is 1. The molecule has 0 saturated heterocycles. The van der Waals surface area contributed by atoms with Crippen LogP contribution in [0.3, 0.4) is 0 Å². The maximum atomic E-state index is 10.5. The van der Waals surface area contributed by atoms with Crippen molar-refractivity contribution in [1.29, 1.82) is 0 Å². The predicted molar refractivity (Wildman–Crippen MR) is 79.2 cm³/mol. The Bertz CT molecular complexity index is 482. The van der Waals surface area contributed by atoms with E-state index in [2.05, 4.69) is 17.2 Å². The number of nitrogens with one attached hydrogen (secondary N) is 1. The summed E-state index contributed by atoms with van der Waals surface area (Å²) in [5.74, 6) is 0. The van der Waals surface area contributed by atoms with Crippen LogP contribution in [0, 0.1) is 0 Å². The molecular formula is C15H20N2OS. The average molecular weight is 276 g/mol. The topological polar surface area (TPSA) is 45.1 Å². The molecule has 0 aliphatic carbocycles. The Morgan fingerprint density at radius 1 is 1.37 bits per heavy atom. The van der Waals surface area contributed by atoms with Crippen LogP contribution in [0.1, 0.15) is 36.9 Å². The van der Waals surface area contributed by atoms with Gasteiger partial charge in [-0.05, 0) is 18.9 Å². The molecule has 0 aliphatic rings. The van der Waals surface area contributed by atoms with Gasteiger partial charge in [-0.1, -0.05) is 37.3 Å². The van der Waals surface area contributed by atoms with Gasteiger partial charge in [0.25, 0.3) is 0 Å². The minimum absolute atomic E-state index is 0.204. The number of benzene rings is 1. The molecule has 0 bridgehead atoms. The fourth-order valence-electron chi connectivity index (χ4n) is 2.03. The molecular weight excluding hydrogens is 256 g/mol. The van der Waals surface area contributed by atoms with E-state index in [1.807, 2.05) is 48.8 Å². The molecule has 0 aliphatic heterocycles. The van der Waals surface area contributed by atoms with E-state index < -0.39 is 5.60 Å². The lowest BCUT2D eigenvalue weighted by Crippen LogP contribution is -2.37. The monoisotopic (exact) mass is 276 g/mol.